The fourth-order valence-corrected chi connectivity index (χ4v) is 3.10. The first kappa shape index (κ1) is 13.1. The first-order valence-corrected chi connectivity index (χ1v) is 7.24. The molecule has 0 bridgehead atoms. The molecule has 0 saturated carbocycles. The molecule has 1 saturated heterocycles. The lowest BCUT2D eigenvalue weighted by atomic mass is 9.99. The minimum atomic E-state index is -0.0648. The number of anilines is 1. The van der Waals surface area contributed by atoms with E-state index in [1.54, 1.807) is 6.07 Å². The SMILES string of the molecule is O=C(CC1CNC1)Nc1c(Cl)cc(Cl)c2nsnc12. The predicted molar refractivity (Wildman–Crippen MR) is 77.0 cm³/mol. The molecule has 5 nitrogen and oxygen atoms in total. The maximum absolute atomic E-state index is 11.9. The molecule has 100 valence electrons. The van der Waals surface area contributed by atoms with E-state index in [-0.39, 0.29) is 5.91 Å². The van der Waals surface area contributed by atoms with E-state index in [2.05, 4.69) is 19.4 Å². The Balaban J connectivity index is 1.87. The number of hydrogen-bond donors (Lipinski definition) is 2. The Bertz CT molecular complexity index is 641. The summed E-state index contributed by atoms with van der Waals surface area (Å²) in [6.07, 6.45) is 0.477. The first-order chi connectivity index (χ1) is 9.15. The highest BCUT2D eigenvalue weighted by Gasteiger charge is 2.22. The standard InChI is InChI=1S/C11H10Cl2N4OS/c12-6-2-7(13)10-11(17-19-16-10)9(6)15-8(18)1-5-3-14-4-5/h2,5,14H,1,3-4H2,(H,15,18). The van der Waals surface area contributed by atoms with Crippen LogP contribution in [-0.4, -0.2) is 27.7 Å². The second-order valence-corrected chi connectivity index (χ2v) is 5.80. The van der Waals surface area contributed by atoms with E-state index in [4.69, 9.17) is 23.2 Å². The smallest absolute Gasteiger partial charge is 0.224 e. The second kappa shape index (κ2) is 5.20. The van der Waals surface area contributed by atoms with Gasteiger partial charge in [0.15, 0.2) is 0 Å². The van der Waals surface area contributed by atoms with E-state index in [1.807, 2.05) is 0 Å². The number of carbonyl (C=O) groups is 1. The maximum atomic E-state index is 11.9. The van der Waals surface area contributed by atoms with Crippen LogP contribution in [0.4, 0.5) is 5.69 Å². The third kappa shape index (κ3) is 2.53. The van der Waals surface area contributed by atoms with Crippen LogP contribution in [0, 0.1) is 5.92 Å². The van der Waals surface area contributed by atoms with Crippen molar-refractivity contribution in [3.63, 3.8) is 0 Å². The highest BCUT2D eigenvalue weighted by molar-refractivity contribution is 7.00. The third-order valence-electron chi connectivity index (χ3n) is 3.05. The van der Waals surface area contributed by atoms with Crippen LogP contribution in [0.15, 0.2) is 6.07 Å². The van der Waals surface area contributed by atoms with Crippen molar-refractivity contribution in [2.75, 3.05) is 18.4 Å². The van der Waals surface area contributed by atoms with Gasteiger partial charge in [0.2, 0.25) is 5.91 Å². The van der Waals surface area contributed by atoms with Gasteiger partial charge in [-0.1, -0.05) is 23.2 Å². The van der Waals surface area contributed by atoms with Gasteiger partial charge in [-0.05, 0) is 25.1 Å². The molecule has 1 fully saturated rings. The van der Waals surface area contributed by atoms with Crippen molar-refractivity contribution in [3.8, 4) is 0 Å². The largest absolute Gasteiger partial charge is 0.323 e. The molecule has 0 radical (unpaired) electrons. The van der Waals surface area contributed by atoms with Gasteiger partial charge < -0.3 is 10.6 Å². The molecule has 1 aromatic heterocycles. The van der Waals surface area contributed by atoms with Gasteiger partial charge in [-0.2, -0.15) is 8.75 Å². The van der Waals surface area contributed by atoms with Crippen molar-refractivity contribution in [2.24, 2.45) is 5.92 Å². The molecule has 2 N–H and O–H groups in total. The summed E-state index contributed by atoms with van der Waals surface area (Å²) in [5.74, 6) is 0.333. The lowest BCUT2D eigenvalue weighted by Gasteiger charge is -2.26. The maximum Gasteiger partial charge on any atom is 0.224 e. The van der Waals surface area contributed by atoms with Gasteiger partial charge in [0.25, 0.3) is 0 Å². The molecular weight excluding hydrogens is 307 g/mol. The van der Waals surface area contributed by atoms with Gasteiger partial charge in [-0.15, -0.1) is 0 Å². The van der Waals surface area contributed by atoms with Crippen molar-refractivity contribution < 1.29 is 4.79 Å². The van der Waals surface area contributed by atoms with Gasteiger partial charge >= 0.3 is 0 Å². The molecule has 8 heteroatoms. The molecule has 0 unspecified atom stereocenters. The number of halogens is 2. The zero-order valence-corrected chi connectivity index (χ0v) is 12.1. The van der Waals surface area contributed by atoms with Crippen LogP contribution in [0.25, 0.3) is 11.0 Å². The Morgan fingerprint density at radius 2 is 2.11 bits per heavy atom. The molecule has 0 atom stereocenters. The average molecular weight is 317 g/mol. The van der Waals surface area contributed by atoms with Crippen LogP contribution in [-0.2, 0) is 4.79 Å². The van der Waals surface area contributed by atoms with Crippen LogP contribution in [0.3, 0.4) is 0 Å². The number of aromatic nitrogens is 2. The summed E-state index contributed by atoms with van der Waals surface area (Å²) in [4.78, 5) is 11.9. The summed E-state index contributed by atoms with van der Waals surface area (Å²) in [7, 11) is 0. The van der Waals surface area contributed by atoms with Gasteiger partial charge in [-0.25, -0.2) is 0 Å². The summed E-state index contributed by atoms with van der Waals surface area (Å²) >= 11 is 13.2. The number of nitrogens with one attached hydrogen (secondary N) is 2. The lowest BCUT2D eigenvalue weighted by molar-refractivity contribution is -0.117. The molecule has 0 spiro atoms. The average Bonchev–Trinajstić information content (AvgIpc) is 2.78. The highest BCUT2D eigenvalue weighted by Crippen LogP contribution is 2.35. The van der Waals surface area contributed by atoms with Gasteiger partial charge in [0, 0.05) is 6.42 Å². The number of fused-ring (bicyclic) bond motifs is 1. The Kier molecular flexibility index (Phi) is 3.58. The Morgan fingerprint density at radius 1 is 1.37 bits per heavy atom. The summed E-state index contributed by atoms with van der Waals surface area (Å²) in [6.45, 7) is 1.77. The molecule has 1 aromatic carbocycles. The topological polar surface area (TPSA) is 66.9 Å². The molecule has 1 amide bonds. The zero-order valence-electron chi connectivity index (χ0n) is 9.74. The van der Waals surface area contributed by atoms with Crippen LogP contribution in [0.2, 0.25) is 10.0 Å². The van der Waals surface area contributed by atoms with Crippen LogP contribution in [0.5, 0.6) is 0 Å². The number of rotatable bonds is 3. The number of amides is 1. The van der Waals surface area contributed by atoms with Crippen molar-refractivity contribution in [2.45, 2.75) is 6.42 Å². The van der Waals surface area contributed by atoms with E-state index in [0.717, 1.165) is 24.8 Å². The van der Waals surface area contributed by atoms with Crippen LogP contribution < -0.4 is 10.6 Å². The predicted octanol–water partition coefficient (Wildman–Crippen LogP) is 2.55. The Hall–Kier alpha value is -0.950. The first-order valence-electron chi connectivity index (χ1n) is 5.76. The van der Waals surface area contributed by atoms with Crippen LogP contribution in [0.1, 0.15) is 6.42 Å². The van der Waals surface area contributed by atoms with E-state index in [1.165, 1.54) is 0 Å². The fourth-order valence-electron chi connectivity index (χ4n) is 1.94. The summed E-state index contributed by atoms with van der Waals surface area (Å²) < 4.78 is 8.24. The summed E-state index contributed by atoms with van der Waals surface area (Å²) in [5.41, 5.74) is 1.60. The van der Waals surface area contributed by atoms with Crippen LogP contribution >= 0.6 is 34.9 Å². The van der Waals surface area contributed by atoms with Gasteiger partial charge in [0.1, 0.15) is 11.0 Å². The van der Waals surface area contributed by atoms with E-state index in [0.29, 0.717) is 39.1 Å². The van der Waals surface area contributed by atoms with Gasteiger partial charge in [-0.3, -0.25) is 4.79 Å². The van der Waals surface area contributed by atoms with Crippen molar-refractivity contribution in [1.82, 2.24) is 14.1 Å². The minimum absolute atomic E-state index is 0.0648. The Labute approximate surface area is 123 Å². The number of benzene rings is 1. The molecule has 19 heavy (non-hydrogen) atoms. The molecule has 0 aliphatic carbocycles. The van der Waals surface area contributed by atoms with Gasteiger partial charge in [0.05, 0.1) is 27.5 Å². The number of hydrogen-bond acceptors (Lipinski definition) is 5. The van der Waals surface area contributed by atoms with Crippen molar-refractivity contribution in [3.05, 3.63) is 16.1 Å². The zero-order chi connectivity index (χ0) is 13.4. The highest BCUT2D eigenvalue weighted by atomic mass is 35.5. The molecule has 1 aliphatic rings. The summed E-state index contributed by atoms with van der Waals surface area (Å²) in [6, 6.07) is 1.58. The quantitative estimate of drug-likeness (QED) is 0.913. The Morgan fingerprint density at radius 3 is 2.79 bits per heavy atom. The molecular formula is C11H10Cl2N4OS. The molecule has 1 aliphatic heterocycles. The van der Waals surface area contributed by atoms with E-state index >= 15 is 0 Å². The van der Waals surface area contributed by atoms with E-state index < -0.39 is 0 Å². The molecule has 2 aromatic rings. The fraction of sp³-hybridized carbons (Fsp3) is 0.364. The molecule has 3 rings (SSSR count). The number of carbonyl (C=O) groups excluding carboxylic acids is 1. The monoisotopic (exact) mass is 316 g/mol. The van der Waals surface area contributed by atoms with E-state index in [9.17, 15) is 4.79 Å². The molecule has 2 heterocycles. The minimum Gasteiger partial charge on any atom is -0.323 e. The normalized spacial score (nSPS) is 15.5. The lowest BCUT2D eigenvalue weighted by Crippen LogP contribution is -2.43. The third-order valence-corrected chi connectivity index (χ3v) is 4.16. The number of nitrogens with zero attached hydrogens (tertiary/aromatic N) is 2. The van der Waals surface area contributed by atoms with Crippen molar-refractivity contribution >= 4 is 57.6 Å². The van der Waals surface area contributed by atoms with Crippen molar-refractivity contribution in [1.29, 1.82) is 0 Å². The second-order valence-electron chi connectivity index (χ2n) is 4.45. The summed E-state index contributed by atoms with van der Waals surface area (Å²) in [5, 5.41) is 6.76.